The summed E-state index contributed by atoms with van der Waals surface area (Å²) in [5.41, 5.74) is 11.5. The predicted octanol–water partition coefficient (Wildman–Crippen LogP) is -0.0445. The van der Waals surface area contributed by atoms with E-state index < -0.39 is 16.1 Å². The lowest BCUT2D eigenvalue weighted by Crippen LogP contribution is -2.35. The van der Waals surface area contributed by atoms with Crippen LogP contribution in [0.15, 0.2) is 35.2 Å². The lowest BCUT2D eigenvalue weighted by molar-refractivity contribution is -0.577. The molecule has 8 nitrogen and oxygen atoms in total. The molecule has 1 aromatic heterocycles. The van der Waals surface area contributed by atoms with Gasteiger partial charge in [0.25, 0.3) is 5.88 Å². The van der Waals surface area contributed by atoms with Crippen molar-refractivity contribution in [2.24, 2.45) is 0 Å². The molecule has 1 heterocycles. The molecule has 0 bridgehead atoms. The maximum Gasteiger partial charge on any atom is 0.347 e. The zero-order chi connectivity index (χ0) is 14.9. The van der Waals surface area contributed by atoms with Crippen LogP contribution in [0.4, 0.5) is 11.8 Å². The minimum absolute atomic E-state index is 0.0408. The van der Waals surface area contributed by atoms with E-state index in [2.05, 4.69) is 4.98 Å². The van der Waals surface area contributed by atoms with Crippen LogP contribution in [0.1, 0.15) is 5.56 Å². The van der Waals surface area contributed by atoms with E-state index in [9.17, 15) is 13.6 Å². The average Bonchev–Trinajstić information content (AvgIpc) is 2.36. The largest absolute Gasteiger partial charge is 0.754 e. The molecule has 0 atom stereocenters. The fourth-order valence-corrected chi connectivity index (χ4v) is 2.29. The number of aromatic nitrogens is 2. The minimum atomic E-state index is -4.06. The van der Waals surface area contributed by atoms with Crippen LogP contribution in [0.3, 0.4) is 0 Å². The summed E-state index contributed by atoms with van der Waals surface area (Å²) in [5.74, 6) is -1.18. The van der Waals surface area contributed by atoms with Gasteiger partial charge in [-0.25, -0.2) is 4.73 Å². The predicted molar refractivity (Wildman–Crippen MR) is 71.0 cm³/mol. The van der Waals surface area contributed by atoms with E-state index in [1.807, 2.05) is 6.92 Å². The summed E-state index contributed by atoms with van der Waals surface area (Å²) in [6.07, 6.45) is 0. The zero-order valence-electron chi connectivity index (χ0n) is 10.5. The third kappa shape index (κ3) is 2.72. The van der Waals surface area contributed by atoms with Crippen molar-refractivity contribution < 1.29 is 17.3 Å². The Bertz CT molecular complexity index is 721. The molecule has 0 amide bonds. The van der Waals surface area contributed by atoms with Crippen LogP contribution in [0.25, 0.3) is 0 Å². The number of hydrogen-bond donors (Lipinski definition) is 2. The van der Waals surface area contributed by atoms with Crippen molar-refractivity contribution >= 4 is 21.9 Å². The van der Waals surface area contributed by atoms with Gasteiger partial charge in [0.1, 0.15) is 4.90 Å². The molecule has 2 aromatic rings. The van der Waals surface area contributed by atoms with E-state index in [1.54, 1.807) is 12.1 Å². The summed E-state index contributed by atoms with van der Waals surface area (Å²) in [7, 11) is -4.06. The molecular formula is C11H12N4O4S. The normalized spacial score (nSPS) is 11.2. The van der Waals surface area contributed by atoms with Gasteiger partial charge in [0.2, 0.25) is 0 Å². The van der Waals surface area contributed by atoms with Crippen LogP contribution in [0.5, 0.6) is 5.88 Å². The fourth-order valence-electron chi connectivity index (χ4n) is 1.42. The van der Waals surface area contributed by atoms with Gasteiger partial charge in [-0.15, -0.1) is 0 Å². The molecule has 0 saturated heterocycles. The van der Waals surface area contributed by atoms with Gasteiger partial charge in [-0.05, 0) is 19.1 Å². The van der Waals surface area contributed by atoms with Crippen molar-refractivity contribution in [3.63, 3.8) is 0 Å². The summed E-state index contributed by atoms with van der Waals surface area (Å²) >= 11 is 0. The monoisotopic (exact) mass is 296 g/mol. The molecule has 0 fully saturated rings. The lowest BCUT2D eigenvalue weighted by atomic mass is 10.2. The van der Waals surface area contributed by atoms with Gasteiger partial charge in [0, 0.05) is 0 Å². The second kappa shape index (κ2) is 4.85. The number of nitrogens with zero attached hydrogens (tertiary/aromatic N) is 2. The Morgan fingerprint density at radius 3 is 2.40 bits per heavy atom. The zero-order valence-corrected chi connectivity index (χ0v) is 11.3. The topological polar surface area (TPSA) is 135 Å². The number of hydrogen-bond acceptors (Lipinski definition) is 7. The van der Waals surface area contributed by atoms with Crippen molar-refractivity contribution in [3.05, 3.63) is 41.1 Å². The molecule has 0 saturated carbocycles. The first-order valence-corrected chi connectivity index (χ1v) is 6.87. The highest BCUT2D eigenvalue weighted by molar-refractivity contribution is 7.87. The molecule has 106 valence electrons. The molecule has 0 spiro atoms. The van der Waals surface area contributed by atoms with E-state index in [1.165, 1.54) is 12.1 Å². The third-order valence-corrected chi connectivity index (χ3v) is 3.68. The summed E-state index contributed by atoms with van der Waals surface area (Å²) in [5, 5.41) is 11.2. The van der Waals surface area contributed by atoms with E-state index in [-0.39, 0.29) is 21.3 Å². The van der Waals surface area contributed by atoms with Crippen molar-refractivity contribution in [3.8, 4) is 5.88 Å². The number of nitrogen functional groups attached to an aromatic ring is 2. The van der Waals surface area contributed by atoms with E-state index in [0.717, 1.165) is 11.6 Å². The first-order valence-electron chi connectivity index (χ1n) is 5.46. The highest BCUT2D eigenvalue weighted by Crippen LogP contribution is 2.18. The molecule has 0 aliphatic rings. The van der Waals surface area contributed by atoms with Gasteiger partial charge in [-0.1, -0.05) is 22.7 Å². The maximum absolute atomic E-state index is 12.0. The van der Waals surface area contributed by atoms with E-state index in [4.69, 9.17) is 15.7 Å². The van der Waals surface area contributed by atoms with Gasteiger partial charge < -0.3 is 20.9 Å². The average molecular weight is 296 g/mol. The van der Waals surface area contributed by atoms with E-state index in [0.29, 0.717) is 0 Å². The van der Waals surface area contributed by atoms with Crippen molar-refractivity contribution in [2.45, 2.75) is 11.8 Å². The van der Waals surface area contributed by atoms with Crippen molar-refractivity contribution in [1.82, 2.24) is 4.98 Å². The molecule has 0 radical (unpaired) electrons. The molecule has 9 heteroatoms. The van der Waals surface area contributed by atoms with Crippen molar-refractivity contribution in [1.29, 1.82) is 0 Å². The van der Waals surface area contributed by atoms with Gasteiger partial charge in [-0.2, -0.15) is 8.42 Å². The highest BCUT2D eigenvalue weighted by Gasteiger charge is 2.20. The Balaban J connectivity index is 2.36. The number of anilines is 2. The summed E-state index contributed by atoms with van der Waals surface area (Å²) in [6.45, 7) is 1.82. The van der Waals surface area contributed by atoms with Gasteiger partial charge in [0.15, 0.2) is 5.82 Å². The van der Waals surface area contributed by atoms with Crippen molar-refractivity contribution in [2.75, 3.05) is 11.5 Å². The van der Waals surface area contributed by atoms with Crippen LogP contribution in [0.2, 0.25) is 0 Å². The van der Waals surface area contributed by atoms with Crippen LogP contribution in [-0.4, -0.2) is 13.4 Å². The number of nitrogens with two attached hydrogens (primary N) is 2. The maximum atomic E-state index is 12.0. The summed E-state index contributed by atoms with van der Waals surface area (Å²) in [6, 6.07) is 7.03. The lowest BCUT2D eigenvalue weighted by Gasteiger charge is -2.10. The number of rotatable bonds is 3. The molecular weight excluding hydrogens is 284 g/mol. The highest BCUT2D eigenvalue weighted by atomic mass is 32.2. The first-order chi connectivity index (χ1) is 9.29. The molecule has 4 N–H and O–H groups in total. The Kier molecular flexibility index (Phi) is 3.36. The van der Waals surface area contributed by atoms with Crippen LogP contribution in [0, 0.1) is 12.1 Å². The quantitative estimate of drug-likeness (QED) is 0.460. The van der Waals surface area contributed by atoms with Crippen LogP contribution >= 0.6 is 0 Å². The molecule has 1 aromatic carbocycles. The van der Waals surface area contributed by atoms with E-state index >= 15 is 0 Å². The molecule has 20 heavy (non-hydrogen) atoms. The Morgan fingerprint density at radius 1 is 1.25 bits per heavy atom. The second-order valence-electron chi connectivity index (χ2n) is 4.02. The van der Waals surface area contributed by atoms with Gasteiger partial charge >= 0.3 is 16.1 Å². The van der Waals surface area contributed by atoms with Gasteiger partial charge in [-0.3, -0.25) is 0 Å². The Morgan fingerprint density at radius 2 is 1.85 bits per heavy atom. The molecule has 0 unspecified atom stereocenters. The summed E-state index contributed by atoms with van der Waals surface area (Å²) in [4.78, 5) is 3.47. The second-order valence-corrected chi connectivity index (χ2v) is 5.57. The fraction of sp³-hybridized carbons (Fsp3) is 0.0909. The SMILES string of the molecule is Cc1ccc(S(=O)(=O)Oc2cc(N)[n+]([O-])c(N)n2)cc1. The number of aryl methyl sites for hydroxylation is 1. The third-order valence-electron chi connectivity index (χ3n) is 2.44. The molecule has 2 rings (SSSR count). The van der Waals surface area contributed by atoms with Crippen LogP contribution < -0.4 is 20.4 Å². The van der Waals surface area contributed by atoms with Crippen LogP contribution in [-0.2, 0) is 10.1 Å². The minimum Gasteiger partial charge on any atom is -0.754 e. The standard InChI is InChI=1S/C11H12N4O4S/c1-7-2-4-8(5-3-7)20(17,18)19-10-6-9(12)15(16)11(13)14-10/h2-6H,12H2,1H3,(H2,13,14). The Hall–Kier alpha value is -2.55. The smallest absolute Gasteiger partial charge is 0.347 e. The molecule has 0 aliphatic carbocycles. The van der Waals surface area contributed by atoms with Gasteiger partial charge in [0.05, 0.1) is 6.07 Å². The Labute approximate surface area is 115 Å². The first kappa shape index (κ1) is 13.9. The summed E-state index contributed by atoms with van der Waals surface area (Å²) < 4.78 is 28.9. The number of benzene rings is 1. The molecule has 0 aliphatic heterocycles.